The van der Waals surface area contributed by atoms with Crippen LogP contribution >= 0.6 is 0 Å². The van der Waals surface area contributed by atoms with Crippen LogP contribution in [-0.2, 0) is 4.79 Å². The average molecular weight is 221 g/mol. The minimum absolute atomic E-state index is 0.0548. The first-order chi connectivity index (χ1) is 7.69. The maximum absolute atomic E-state index is 11.8. The van der Waals surface area contributed by atoms with E-state index in [1.807, 2.05) is 0 Å². The van der Waals surface area contributed by atoms with Gasteiger partial charge in [0.25, 0.3) is 0 Å². The lowest BCUT2D eigenvalue weighted by Crippen LogP contribution is -2.40. The summed E-state index contributed by atoms with van der Waals surface area (Å²) in [6, 6.07) is 0. The number of allylic oxidation sites excluding steroid dienone is 2. The predicted octanol–water partition coefficient (Wildman–Crippen LogP) is 3.02. The van der Waals surface area contributed by atoms with Crippen molar-refractivity contribution in [2.24, 2.45) is 23.0 Å². The van der Waals surface area contributed by atoms with Crippen LogP contribution in [0.2, 0.25) is 0 Å². The predicted molar refractivity (Wildman–Crippen MR) is 65.7 cm³/mol. The third-order valence-electron chi connectivity index (χ3n) is 4.48. The highest BCUT2D eigenvalue weighted by molar-refractivity contribution is 5.82. The zero-order valence-electron chi connectivity index (χ0n) is 10.2. The van der Waals surface area contributed by atoms with Crippen LogP contribution in [0, 0.1) is 17.3 Å². The molecule has 1 amide bonds. The van der Waals surface area contributed by atoms with E-state index < -0.39 is 0 Å². The molecule has 0 saturated heterocycles. The molecule has 2 aliphatic carbocycles. The van der Waals surface area contributed by atoms with Crippen LogP contribution in [0.5, 0.6) is 0 Å². The fraction of sp³-hybridized carbons (Fsp3) is 0.786. The molecule has 2 heteroatoms. The van der Waals surface area contributed by atoms with E-state index in [9.17, 15) is 4.79 Å². The summed E-state index contributed by atoms with van der Waals surface area (Å²) in [5.74, 6) is 1.01. The molecule has 0 radical (unpaired) electrons. The Morgan fingerprint density at radius 2 is 2.19 bits per heavy atom. The molecule has 0 aromatic carbocycles. The minimum Gasteiger partial charge on any atom is -0.369 e. The van der Waals surface area contributed by atoms with E-state index in [1.165, 1.54) is 19.3 Å². The van der Waals surface area contributed by atoms with Crippen LogP contribution in [0.3, 0.4) is 0 Å². The molecule has 1 fully saturated rings. The maximum Gasteiger partial charge on any atom is 0.224 e. The first-order valence-corrected chi connectivity index (χ1v) is 6.67. The van der Waals surface area contributed by atoms with E-state index >= 15 is 0 Å². The van der Waals surface area contributed by atoms with Gasteiger partial charge in [-0.25, -0.2) is 0 Å². The van der Waals surface area contributed by atoms with Gasteiger partial charge in [0.1, 0.15) is 0 Å². The van der Waals surface area contributed by atoms with Crippen LogP contribution < -0.4 is 5.73 Å². The van der Waals surface area contributed by atoms with Gasteiger partial charge in [0.05, 0.1) is 5.41 Å². The summed E-state index contributed by atoms with van der Waals surface area (Å²) in [6.07, 6.45) is 12.6. The van der Waals surface area contributed by atoms with Crippen molar-refractivity contribution in [3.63, 3.8) is 0 Å². The molecule has 2 rings (SSSR count). The standard InChI is InChI=1S/C14H23NO/c1-2-3-4-5-8-14(13(15)16)10-11-6-7-12(14)9-11/h6-7,11-12H,2-5,8-10H2,1H3,(H2,15,16)/t11-,12-,14-/m0/s1. The van der Waals surface area contributed by atoms with Gasteiger partial charge in [0.2, 0.25) is 5.91 Å². The molecular weight excluding hydrogens is 198 g/mol. The molecule has 2 nitrogen and oxygen atoms in total. The molecule has 2 bridgehead atoms. The SMILES string of the molecule is CCCCCC[C@]1(C(N)=O)C[C@H]2C=C[C@H]1C2. The van der Waals surface area contributed by atoms with E-state index in [0.29, 0.717) is 11.8 Å². The van der Waals surface area contributed by atoms with Gasteiger partial charge in [-0.05, 0) is 31.1 Å². The normalized spacial score (nSPS) is 35.8. The number of unbranched alkanes of at least 4 members (excludes halogenated alkanes) is 3. The second-order valence-corrected chi connectivity index (χ2v) is 5.52. The zero-order chi connectivity index (χ0) is 11.6. The van der Waals surface area contributed by atoms with Crippen molar-refractivity contribution in [3.05, 3.63) is 12.2 Å². The summed E-state index contributed by atoms with van der Waals surface area (Å²) in [6.45, 7) is 2.21. The van der Waals surface area contributed by atoms with Gasteiger partial charge >= 0.3 is 0 Å². The topological polar surface area (TPSA) is 43.1 Å². The van der Waals surface area contributed by atoms with Gasteiger partial charge < -0.3 is 5.73 Å². The molecule has 0 unspecified atom stereocenters. The van der Waals surface area contributed by atoms with Gasteiger partial charge in [-0.15, -0.1) is 0 Å². The van der Waals surface area contributed by atoms with E-state index in [1.54, 1.807) is 0 Å². The Morgan fingerprint density at radius 3 is 2.69 bits per heavy atom. The Bertz CT molecular complexity index is 297. The third kappa shape index (κ3) is 1.90. The van der Waals surface area contributed by atoms with Crippen LogP contribution in [0.4, 0.5) is 0 Å². The zero-order valence-corrected chi connectivity index (χ0v) is 10.2. The van der Waals surface area contributed by atoms with Crippen molar-refractivity contribution in [2.45, 2.75) is 51.9 Å². The van der Waals surface area contributed by atoms with Crippen molar-refractivity contribution in [2.75, 3.05) is 0 Å². The lowest BCUT2D eigenvalue weighted by atomic mass is 9.71. The molecule has 2 N–H and O–H groups in total. The van der Waals surface area contributed by atoms with Crippen LogP contribution in [0.15, 0.2) is 12.2 Å². The summed E-state index contributed by atoms with van der Waals surface area (Å²) in [7, 11) is 0. The second-order valence-electron chi connectivity index (χ2n) is 5.52. The highest BCUT2D eigenvalue weighted by atomic mass is 16.1. The van der Waals surface area contributed by atoms with Crippen molar-refractivity contribution < 1.29 is 4.79 Å². The van der Waals surface area contributed by atoms with Gasteiger partial charge in [-0.1, -0.05) is 44.8 Å². The number of primary amides is 1. The van der Waals surface area contributed by atoms with Gasteiger partial charge in [-0.3, -0.25) is 4.79 Å². The van der Waals surface area contributed by atoms with Crippen molar-refractivity contribution in [1.29, 1.82) is 0 Å². The Morgan fingerprint density at radius 1 is 1.38 bits per heavy atom. The second kappa shape index (κ2) is 4.60. The number of amides is 1. The average Bonchev–Trinajstić information content (AvgIpc) is 2.84. The van der Waals surface area contributed by atoms with E-state index in [4.69, 9.17) is 5.73 Å². The largest absolute Gasteiger partial charge is 0.369 e. The number of hydrogen-bond donors (Lipinski definition) is 1. The summed E-state index contributed by atoms with van der Waals surface area (Å²) < 4.78 is 0. The number of carbonyl (C=O) groups excluding carboxylic acids is 1. The lowest BCUT2D eigenvalue weighted by molar-refractivity contribution is -0.129. The maximum atomic E-state index is 11.8. The van der Waals surface area contributed by atoms with E-state index in [-0.39, 0.29) is 11.3 Å². The monoisotopic (exact) mass is 221 g/mol. The van der Waals surface area contributed by atoms with Crippen LogP contribution in [0.25, 0.3) is 0 Å². The number of fused-ring (bicyclic) bond motifs is 2. The fourth-order valence-corrected chi connectivity index (χ4v) is 3.52. The van der Waals surface area contributed by atoms with Crippen molar-refractivity contribution in [3.8, 4) is 0 Å². The van der Waals surface area contributed by atoms with E-state index in [2.05, 4.69) is 19.1 Å². The smallest absolute Gasteiger partial charge is 0.224 e. The van der Waals surface area contributed by atoms with Crippen LogP contribution in [-0.4, -0.2) is 5.91 Å². The molecule has 90 valence electrons. The number of hydrogen-bond acceptors (Lipinski definition) is 1. The Balaban J connectivity index is 1.96. The Hall–Kier alpha value is -0.790. The van der Waals surface area contributed by atoms with Crippen molar-refractivity contribution in [1.82, 2.24) is 0 Å². The molecule has 1 saturated carbocycles. The molecule has 0 aliphatic heterocycles. The molecule has 0 spiro atoms. The third-order valence-corrected chi connectivity index (χ3v) is 4.48. The lowest BCUT2D eigenvalue weighted by Gasteiger charge is -2.32. The van der Waals surface area contributed by atoms with Gasteiger partial charge in [-0.2, -0.15) is 0 Å². The summed E-state index contributed by atoms with van der Waals surface area (Å²) in [4.78, 5) is 11.8. The molecule has 0 aromatic rings. The van der Waals surface area contributed by atoms with Crippen molar-refractivity contribution >= 4 is 5.91 Å². The highest BCUT2D eigenvalue weighted by Crippen LogP contribution is 2.54. The van der Waals surface area contributed by atoms with Gasteiger partial charge in [0, 0.05) is 0 Å². The number of rotatable bonds is 6. The summed E-state index contributed by atoms with van der Waals surface area (Å²) in [5.41, 5.74) is 5.47. The summed E-state index contributed by atoms with van der Waals surface area (Å²) in [5, 5.41) is 0. The first kappa shape index (κ1) is 11.7. The Labute approximate surface area is 98.3 Å². The first-order valence-electron chi connectivity index (χ1n) is 6.67. The number of carbonyl (C=O) groups is 1. The number of nitrogens with two attached hydrogens (primary N) is 1. The molecule has 16 heavy (non-hydrogen) atoms. The highest BCUT2D eigenvalue weighted by Gasteiger charge is 2.51. The van der Waals surface area contributed by atoms with E-state index in [0.717, 1.165) is 25.7 Å². The molecule has 0 heterocycles. The quantitative estimate of drug-likeness (QED) is 0.543. The Kier molecular flexibility index (Phi) is 3.36. The fourth-order valence-electron chi connectivity index (χ4n) is 3.52. The summed E-state index contributed by atoms with van der Waals surface area (Å²) >= 11 is 0. The molecular formula is C14H23NO. The van der Waals surface area contributed by atoms with Crippen LogP contribution in [0.1, 0.15) is 51.9 Å². The van der Waals surface area contributed by atoms with Gasteiger partial charge in [0.15, 0.2) is 0 Å². The molecule has 2 aliphatic rings. The molecule has 0 aromatic heterocycles. The molecule has 3 atom stereocenters. The minimum atomic E-state index is -0.187.